The molecule has 0 spiro atoms. The number of nitrogens with zero attached hydrogens (tertiary/aromatic N) is 2. The van der Waals surface area contributed by atoms with Crippen LogP contribution in [0.4, 0.5) is 0 Å². The van der Waals surface area contributed by atoms with Gasteiger partial charge in [0.25, 0.3) is 0 Å². The fourth-order valence-corrected chi connectivity index (χ4v) is 2.46. The van der Waals surface area contributed by atoms with E-state index in [-0.39, 0.29) is 5.41 Å². The van der Waals surface area contributed by atoms with Gasteiger partial charge in [-0.2, -0.15) is 4.98 Å². The molecule has 2 rings (SSSR count). The largest absolute Gasteiger partial charge is 0.373 e. The van der Waals surface area contributed by atoms with Gasteiger partial charge in [-0.05, 0) is 38.8 Å². The summed E-state index contributed by atoms with van der Waals surface area (Å²) >= 11 is 0. The predicted octanol–water partition coefficient (Wildman–Crippen LogP) is 2.03. The Morgan fingerprint density at radius 3 is 2.78 bits per heavy atom. The van der Waals surface area contributed by atoms with E-state index in [1.807, 2.05) is 0 Å². The number of aromatic nitrogens is 2. The molecule has 5 nitrogen and oxygen atoms in total. The van der Waals surface area contributed by atoms with Gasteiger partial charge in [0.1, 0.15) is 6.61 Å². The summed E-state index contributed by atoms with van der Waals surface area (Å²) < 4.78 is 10.9. The normalized spacial score (nSPS) is 19.0. The van der Waals surface area contributed by atoms with Gasteiger partial charge in [-0.25, -0.2) is 0 Å². The lowest BCUT2D eigenvalue weighted by atomic mass is 9.76. The Morgan fingerprint density at radius 2 is 2.11 bits per heavy atom. The Morgan fingerprint density at radius 1 is 1.33 bits per heavy atom. The molecule has 0 unspecified atom stereocenters. The molecule has 1 fully saturated rings. The van der Waals surface area contributed by atoms with E-state index in [9.17, 15) is 0 Å². The SMILES string of the molecule is CCCOCc1noc(C2(CC)CCNCC2)n1. The maximum absolute atomic E-state index is 5.46. The Labute approximate surface area is 108 Å². The Bertz CT molecular complexity index is 359. The summed E-state index contributed by atoms with van der Waals surface area (Å²) in [6.07, 6.45) is 4.20. The average molecular weight is 253 g/mol. The van der Waals surface area contributed by atoms with E-state index in [1.165, 1.54) is 0 Å². The number of rotatable bonds is 6. The van der Waals surface area contributed by atoms with Gasteiger partial charge in [0.15, 0.2) is 5.82 Å². The van der Waals surface area contributed by atoms with Gasteiger partial charge in [-0.15, -0.1) is 0 Å². The van der Waals surface area contributed by atoms with Crippen LogP contribution in [0.5, 0.6) is 0 Å². The van der Waals surface area contributed by atoms with Gasteiger partial charge in [0, 0.05) is 6.61 Å². The summed E-state index contributed by atoms with van der Waals surface area (Å²) in [5.74, 6) is 1.46. The van der Waals surface area contributed by atoms with Gasteiger partial charge in [0.05, 0.1) is 5.41 Å². The third-order valence-electron chi connectivity index (χ3n) is 3.74. The number of hydrogen-bond acceptors (Lipinski definition) is 5. The Hall–Kier alpha value is -0.940. The van der Waals surface area contributed by atoms with E-state index < -0.39 is 0 Å². The maximum Gasteiger partial charge on any atom is 0.233 e. The van der Waals surface area contributed by atoms with Crippen molar-refractivity contribution < 1.29 is 9.26 Å². The van der Waals surface area contributed by atoms with E-state index in [0.717, 1.165) is 51.3 Å². The summed E-state index contributed by atoms with van der Waals surface area (Å²) in [6.45, 7) is 7.53. The van der Waals surface area contributed by atoms with Crippen molar-refractivity contribution in [1.82, 2.24) is 15.5 Å². The first-order chi connectivity index (χ1) is 8.80. The Kier molecular flexibility index (Phi) is 4.72. The van der Waals surface area contributed by atoms with E-state index in [1.54, 1.807) is 0 Å². The topological polar surface area (TPSA) is 60.2 Å². The molecule has 0 atom stereocenters. The highest BCUT2D eigenvalue weighted by atomic mass is 16.5. The van der Waals surface area contributed by atoms with E-state index >= 15 is 0 Å². The second-order valence-corrected chi connectivity index (χ2v) is 4.95. The molecule has 0 radical (unpaired) electrons. The Balaban J connectivity index is 2.02. The molecule has 102 valence electrons. The summed E-state index contributed by atoms with van der Waals surface area (Å²) in [5, 5.41) is 7.40. The van der Waals surface area contributed by atoms with Crippen LogP contribution in [0.25, 0.3) is 0 Å². The molecule has 0 bridgehead atoms. The number of nitrogens with one attached hydrogen (secondary N) is 1. The van der Waals surface area contributed by atoms with Crippen LogP contribution in [-0.4, -0.2) is 29.8 Å². The molecule has 0 aliphatic carbocycles. The van der Waals surface area contributed by atoms with Crippen molar-refractivity contribution in [1.29, 1.82) is 0 Å². The molecule has 1 saturated heterocycles. The third kappa shape index (κ3) is 2.90. The van der Waals surface area contributed by atoms with Crippen molar-refractivity contribution in [2.45, 2.75) is 51.6 Å². The quantitative estimate of drug-likeness (QED) is 0.786. The maximum atomic E-state index is 5.46. The average Bonchev–Trinajstić information content (AvgIpc) is 2.89. The first kappa shape index (κ1) is 13.5. The van der Waals surface area contributed by atoms with Crippen molar-refractivity contribution >= 4 is 0 Å². The molecule has 2 heterocycles. The molecular formula is C13H23N3O2. The zero-order valence-corrected chi connectivity index (χ0v) is 11.4. The monoisotopic (exact) mass is 253 g/mol. The number of hydrogen-bond donors (Lipinski definition) is 1. The minimum Gasteiger partial charge on any atom is -0.373 e. The van der Waals surface area contributed by atoms with Crippen LogP contribution in [0.15, 0.2) is 4.52 Å². The highest BCUT2D eigenvalue weighted by Gasteiger charge is 2.37. The molecular weight excluding hydrogens is 230 g/mol. The molecule has 1 aliphatic rings. The highest BCUT2D eigenvalue weighted by molar-refractivity contribution is 5.07. The van der Waals surface area contributed by atoms with Gasteiger partial charge in [-0.1, -0.05) is 19.0 Å². The van der Waals surface area contributed by atoms with Crippen molar-refractivity contribution in [3.05, 3.63) is 11.7 Å². The van der Waals surface area contributed by atoms with Gasteiger partial charge in [-0.3, -0.25) is 0 Å². The third-order valence-corrected chi connectivity index (χ3v) is 3.74. The smallest absolute Gasteiger partial charge is 0.233 e. The second-order valence-electron chi connectivity index (χ2n) is 4.95. The molecule has 1 aromatic rings. The van der Waals surface area contributed by atoms with Crippen molar-refractivity contribution in [2.75, 3.05) is 19.7 Å². The fourth-order valence-electron chi connectivity index (χ4n) is 2.46. The highest BCUT2D eigenvalue weighted by Crippen LogP contribution is 2.35. The van der Waals surface area contributed by atoms with E-state index in [0.29, 0.717) is 12.4 Å². The minimum atomic E-state index is 0.0707. The second kappa shape index (κ2) is 6.29. The van der Waals surface area contributed by atoms with E-state index in [2.05, 4.69) is 29.3 Å². The van der Waals surface area contributed by atoms with Crippen molar-refractivity contribution in [3.8, 4) is 0 Å². The molecule has 0 saturated carbocycles. The molecule has 5 heteroatoms. The minimum absolute atomic E-state index is 0.0707. The van der Waals surface area contributed by atoms with Gasteiger partial charge >= 0.3 is 0 Å². The summed E-state index contributed by atoms with van der Waals surface area (Å²) in [7, 11) is 0. The molecule has 0 aromatic carbocycles. The zero-order valence-electron chi connectivity index (χ0n) is 11.4. The lowest BCUT2D eigenvalue weighted by Gasteiger charge is -2.33. The molecule has 1 aromatic heterocycles. The summed E-state index contributed by atoms with van der Waals surface area (Å²) in [6, 6.07) is 0. The van der Waals surface area contributed by atoms with Crippen molar-refractivity contribution in [2.24, 2.45) is 0 Å². The van der Waals surface area contributed by atoms with Gasteiger partial charge < -0.3 is 14.6 Å². The molecule has 0 amide bonds. The van der Waals surface area contributed by atoms with Crippen LogP contribution in [0, 0.1) is 0 Å². The van der Waals surface area contributed by atoms with Crippen LogP contribution in [-0.2, 0) is 16.8 Å². The van der Waals surface area contributed by atoms with Crippen LogP contribution < -0.4 is 5.32 Å². The molecule has 18 heavy (non-hydrogen) atoms. The lowest BCUT2D eigenvalue weighted by Crippen LogP contribution is -2.39. The molecule has 1 N–H and O–H groups in total. The number of ether oxygens (including phenoxy) is 1. The lowest BCUT2D eigenvalue weighted by molar-refractivity contribution is 0.114. The first-order valence-electron chi connectivity index (χ1n) is 6.92. The number of piperidine rings is 1. The van der Waals surface area contributed by atoms with Crippen molar-refractivity contribution in [3.63, 3.8) is 0 Å². The van der Waals surface area contributed by atoms with E-state index in [4.69, 9.17) is 9.26 Å². The van der Waals surface area contributed by atoms with Gasteiger partial charge in [0.2, 0.25) is 5.89 Å². The summed E-state index contributed by atoms with van der Waals surface area (Å²) in [4.78, 5) is 4.52. The summed E-state index contributed by atoms with van der Waals surface area (Å²) in [5.41, 5.74) is 0.0707. The fraction of sp³-hybridized carbons (Fsp3) is 0.846. The standard InChI is InChI=1S/C13H23N3O2/c1-3-9-17-10-11-15-12(18-16-11)13(4-2)5-7-14-8-6-13/h14H,3-10H2,1-2H3. The molecule has 1 aliphatic heterocycles. The van der Waals surface area contributed by atoms with Crippen LogP contribution in [0.2, 0.25) is 0 Å². The predicted molar refractivity (Wildman–Crippen MR) is 68.3 cm³/mol. The first-order valence-corrected chi connectivity index (χ1v) is 6.92. The van der Waals surface area contributed by atoms with Crippen LogP contribution >= 0.6 is 0 Å². The van der Waals surface area contributed by atoms with Crippen LogP contribution in [0.3, 0.4) is 0 Å². The zero-order chi connectivity index (χ0) is 12.8. The van der Waals surface area contributed by atoms with Crippen LogP contribution in [0.1, 0.15) is 51.2 Å².